The summed E-state index contributed by atoms with van der Waals surface area (Å²) in [4.78, 5) is 26.2. The van der Waals surface area contributed by atoms with Gasteiger partial charge in [0.25, 0.3) is 0 Å². The van der Waals surface area contributed by atoms with Crippen molar-refractivity contribution in [1.82, 2.24) is 0 Å². The van der Waals surface area contributed by atoms with E-state index >= 15 is 0 Å². The number of hydrogen-bond donors (Lipinski definition) is 1. The van der Waals surface area contributed by atoms with E-state index in [9.17, 15) is 14.7 Å². The van der Waals surface area contributed by atoms with E-state index in [0.29, 0.717) is 25.0 Å². The zero-order chi connectivity index (χ0) is 18.1. The highest BCUT2D eigenvalue weighted by atomic mass is 16.7. The van der Waals surface area contributed by atoms with Crippen LogP contribution in [0.1, 0.15) is 32.6 Å². The number of ketones is 1. The van der Waals surface area contributed by atoms with Gasteiger partial charge in [-0.05, 0) is 42.6 Å². The van der Waals surface area contributed by atoms with Crippen molar-refractivity contribution in [2.24, 2.45) is 34.0 Å². The fourth-order valence-electron chi connectivity index (χ4n) is 7.75. The summed E-state index contributed by atoms with van der Waals surface area (Å²) in [5.74, 6) is -1.24. The standard InChI is InChI=1S/C20H24O6/c1-9-10-5-11(21)13-19(6-10,15(9)22)17(23)25-8-20(13)12-3-4-18(2)7-24-16(26-12)14(18)20/h10-14,16,21H,1,3-8H2,2H3/t10-,11-,12+,13-,14-,16+,18+,19+,20+/m1/s1. The number of cyclic esters (lactones) is 1. The summed E-state index contributed by atoms with van der Waals surface area (Å²) in [6.45, 7) is 6.99. The summed E-state index contributed by atoms with van der Waals surface area (Å²) in [5, 5.41) is 11.2. The molecule has 3 heterocycles. The van der Waals surface area contributed by atoms with Crippen LogP contribution in [-0.2, 0) is 23.8 Å². The third-order valence-corrected chi connectivity index (χ3v) is 8.65. The first kappa shape index (κ1) is 15.8. The topological polar surface area (TPSA) is 82.1 Å². The Hall–Kier alpha value is -1.24. The predicted octanol–water partition coefficient (Wildman–Crippen LogP) is 1.21. The highest BCUT2D eigenvalue weighted by molar-refractivity contribution is 6.15. The number of fused-ring (bicyclic) bond motifs is 1. The van der Waals surface area contributed by atoms with Crippen LogP contribution < -0.4 is 0 Å². The van der Waals surface area contributed by atoms with Gasteiger partial charge in [0.1, 0.15) is 12.0 Å². The Kier molecular flexibility index (Phi) is 2.68. The maximum absolute atomic E-state index is 13.2. The van der Waals surface area contributed by atoms with E-state index in [1.54, 1.807) is 0 Å². The van der Waals surface area contributed by atoms with Gasteiger partial charge in [-0.2, -0.15) is 0 Å². The molecule has 9 atom stereocenters. The van der Waals surface area contributed by atoms with Crippen LogP contribution in [-0.4, -0.2) is 48.6 Å². The van der Waals surface area contributed by atoms with E-state index in [1.165, 1.54) is 0 Å². The molecular formula is C20H24O6. The lowest BCUT2D eigenvalue weighted by Crippen LogP contribution is -2.68. The molecule has 6 fully saturated rings. The molecule has 0 aromatic rings. The molecule has 0 radical (unpaired) electrons. The maximum Gasteiger partial charge on any atom is 0.320 e. The van der Waals surface area contributed by atoms with Crippen molar-refractivity contribution < 1.29 is 28.9 Å². The van der Waals surface area contributed by atoms with E-state index in [4.69, 9.17) is 14.2 Å². The molecule has 1 N–H and O–H groups in total. The monoisotopic (exact) mass is 360 g/mol. The number of aliphatic hydroxyl groups is 1. The van der Waals surface area contributed by atoms with Crippen LogP contribution in [0.5, 0.6) is 0 Å². The number of ether oxygens (including phenoxy) is 3. The van der Waals surface area contributed by atoms with E-state index in [1.807, 2.05) is 0 Å². The molecule has 2 spiro atoms. The molecule has 0 unspecified atom stereocenters. The molecule has 6 heteroatoms. The Balaban J connectivity index is 1.58. The van der Waals surface area contributed by atoms with Gasteiger partial charge in [-0.1, -0.05) is 13.5 Å². The fourth-order valence-corrected chi connectivity index (χ4v) is 7.75. The van der Waals surface area contributed by atoms with Crippen molar-refractivity contribution in [2.75, 3.05) is 13.2 Å². The van der Waals surface area contributed by atoms with Gasteiger partial charge in [0.05, 0.1) is 18.8 Å². The Labute approximate surface area is 151 Å². The Morgan fingerprint density at radius 3 is 2.85 bits per heavy atom. The number of allylic oxidation sites excluding steroid dienone is 1. The van der Waals surface area contributed by atoms with Crippen LogP contribution in [0.3, 0.4) is 0 Å². The zero-order valence-electron chi connectivity index (χ0n) is 14.9. The van der Waals surface area contributed by atoms with Gasteiger partial charge < -0.3 is 19.3 Å². The number of hydrogen-bond acceptors (Lipinski definition) is 6. The van der Waals surface area contributed by atoms with Crippen LogP contribution in [0.25, 0.3) is 0 Å². The average Bonchev–Trinajstić information content (AvgIpc) is 3.12. The number of Topliss-reactive ketones (excluding diaryl/α,β-unsaturated/α-hetero) is 1. The van der Waals surface area contributed by atoms with Crippen LogP contribution in [0.4, 0.5) is 0 Å². The minimum atomic E-state index is -1.28. The first-order valence-corrected chi connectivity index (χ1v) is 9.70. The van der Waals surface area contributed by atoms with Crippen molar-refractivity contribution >= 4 is 11.8 Å². The van der Waals surface area contributed by atoms with E-state index in [-0.39, 0.29) is 42.0 Å². The van der Waals surface area contributed by atoms with Gasteiger partial charge in [-0.25, -0.2) is 0 Å². The highest BCUT2D eigenvalue weighted by Gasteiger charge is 2.80. The molecule has 4 bridgehead atoms. The second-order valence-electron chi connectivity index (χ2n) is 9.67. The lowest BCUT2D eigenvalue weighted by atomic mass is 9.44. The fraction of sp³-hybridized carbons (Fsp3) is 0.800. The second kappa shape index (κ2) is 4.42. The smallest absolute Gasteiger partial charge is 0.320 e. The molecule has 140 valence electrons. The van der Waals surface area contributed by atoms with Gasteiger partial charge in [-0.3, -0.25) is 9.59 Å². The minimum absolute atomic E-state index is 0.0385. The van der Waals surface area contributed by atoms with Gasteiger partial charge in [0, 0.05) is 17.3 Å². The van der Waals surface area contributed by atoms with Crippen molar-refractivity contribution in [3.63, 3.8) is 0 Å². The van der Waals surface area contributed by atoms with Crippen molar-refractivity contribution in [2.45, 2.75) is 51.1 Å². The largest absolute Gasteiger partial charge is 0.464 e. The Morgan fingerprint density at radius 1 is 1.23 bits per heavy atom. The number of aliphatic hydroxyl groups excluding tert-OH is 1. The molecule has 3 saturated carbocycles. The number of rotatable bonds is 0. The van der Waals surface area contributed by atoms with Crippen molar-refractivity contribution in [3.8, 4) is 0 Å². The van der Waals surface area contributed by atoms with Crippen molar-refractivity contribution in [1.29, 1.82) is 0 Å². The second-order valence-corrected chi connectivity index (χ2v) is 9.67. The molecular weight excluding hydrogens is 336 g/mol. The SMILES string of the molecule is C=C1C(=O)[C@]23C[C@H]1C[C@@H](O)[C@H]2[C@]1(COC3=O)[C@@H]2CC[C@@]3(C)CO[C@@H](O2)[C@H]31. The molecule has 6 aliphatic rings. The van der Waals surface area contributed by atoms with Crippen LogP contribution in [0.2, 0.25) is 0 Å². The molecule has 6 rings (SSSR count). The average molecular weight is 360 g/mol. The lowest BCUT2D eigenvalue weighted by Gasteiger charge is -2.59. The van der Waals surface area contributed by atoms with Crippen LogP contribution >= 0.6 is 0 Å². The number of carbonyl (C=O) groups is 2. The number of carbonyl (C=O) groups excluding carboxylic acids is 2. The summed E-state index contributed by atoms with van der Waals surface area (Å²) in [5.41, 5.74) is -1.42. The number of esters is 1. The molecule has 0 aromatic carbocycles. The maximum atomic E-state index is 13.2. The van der Waals surface area contributed by atoms with Gasteiger partial charge in [0.15, 0.2) is 12.1 Å². The summed E-state index contributed by atoms with van der Waals surface area (Å²) >= 11 is 0. The quantitative estimate of drug-likeness (QED) is 0.397. The molecule has 0 amide bonds. The van der Waals surface area contributed by atoms with Crippen LogP contribution in [0.15, 0.2) is 12.2 Å². The summed E-state index contributed by atoms with van der Waals surface area (Å²) in [7, 11) is 0. The molecule has 0 aromatic heterocycles. The highest BCUT2D eigenvalue weighted by Crippen LogP contribution is 2.72. The van der Waals surface area contributed by atoms with E-state index in [2.05, 4.69) is 13.5 Å². The zero-order valence-corrected chi connectivity index (χ0v) is 14.9. The van der Waals surface area contributed by atoms with Gasteiger partial charge >= 0.3 is 5.97 Å². The molecule has 6 nitrogen and oxygen atoms in total. The van der Waals surface area contributed by atoms with Crippen LogP contribution in [0, 0.1) is 34.0 Å². The summed E-state index contributed by atoms with van der Waals surface area (Å²) in [6, 6.07) is 0. The summed E-state index contributed by atoms with van der Waals surface area (Å²) in [6.07, 6.45) is 1.57. The Bertz CT molecular complexity index is 761. The third kappa shape index (κ3) is 1.40. The molecule has 3 aliphatic heterocycles. The normalized spacial score (nSPS) is 59.7. The first-order chi connectivity index (χ1) is 12.3. The first-order valence-electron chi connectivity index (χ1n) is 9.70. The van der Waals surface area contributed by atoms with Gasteiger partial charge in [-0.15, -0.1) is 0 Å². The van der Waals surface area contributed by atoms with E-state index in [0.717, 1.165) is 12.8 Å². The van der Waals surface area contributed by atoms with Crippen molar-refractivity contribution in [3.05, 3.63) is 12.2 Å². The minimum Gasteiger partial charge on any atom is -0.464 e. The summed E-state index contributed by atoms with van der Waals surface area (Å²) < 4.78 is 18.0. The Morgan fingerprint density at radius 2 is 2.04 bits per heavy atom. The predicted molar refractivity (Wildman–Crippen MR) is 87.6 cm³/mol. The lowest BCUT2D eigenvalue weighted by molar-refractivity contribution is -0.231. The molecule has 3 aliphatic carbocycles. The van der Waals surface area contributed by atoms with E-state index < -0.39 is 28.8 Å². The molecule has 3 saturated heterocycles. The van der Waals surface area contributed by atoms with Gasteiger partial charge in [0.2, 0.25) is 0 Å². The molecule has 26 heavy (non-hydrogen) atoms. The third-order valence-electron chi connectivity index (χ3n) is 8.65.